The molecule has 0 saturated heterocycles. The van der Waals surface area contributed by atoms with Gasteiger partial charge in [-0.15, -0.1) is 0 Å². The maximum Gasteiger partial charge on any atom is 0.293 e. The van der Waals surface area contributed by atoms with Crippen molar-refractivity contribution in [3.8, 4) is 17.0 Å². The van der Waals surface area contributed by atoms with Crippen LogP contribution in [0.2, 0.25) is 0 Å². The Morgan fingerprint density at radius 2 is 1.81 bits per heavy atom. The third-order valence-electron chi connectivity index (χ3n) is 4.71. The lowest BCUT2D eigenvalue weighted by atomic mass is 10.1. The third-order valence-corrected chi connectivity index (χ3v) is 6.23. The molecule has 0 atom stereocenters. The Kier molecular flexibility index (Phi) is 5.35. The molecule has 1 aromatic carbocycles. The van der Waals surface area contributed by atoms with Crippen LogP contribution in [-0.2, 0) is 10.0 Å². The number of rotatable bonds is 5. The fourth-order valence-corrected chi connectivity index (χ4v) is 4.46. The average Bonchev–Trinajstić information content (AvgIpc) is 2.75. The van der Waals surface area contributed by atoms with E-state index >= 15 is 0 Å². The second-order valence-corrected chi connectivity index (χ2v) is 8.50. The van der Waals surface area contributed by atoms with E-state index in [9.17, 15) is 22.0 Å². The highest BCUT2D eigenvalue weighted by Gasteiger charge is 2.20. The fraction of sp³-hybridized carbons (Fsp3) is 0.0952. The molecule has 164 valence electrons. The molecule has 1 N–H and O–H groups in total. The van der Waals surface area contributed by atoms with Crippen molar-refractivity contribution in [1.82, 2.24) is 14.4 Å². The Hall–Kier alpha value is -3.86. The Morgan fingerprint density at radius 3 is 2.53 bits per heavy atom. The number of nitrogens with one attached hydrogen (secondary N) is 1. The minimum Gasteiger partial charge on any atom is -0.480 e. The molecule has 0 aliphatic rings. The Bertz CT molecular complexity index is 1520. The number of anilines is 1. The van der Waals surface area contributed by atoms with E-state index in [0.717, 1.165) is 28.8 Å². The van der Waals surface area contributed by atoms with Gasteiger partial charge in [-0.1, -0.05) is 0 Å². The molecule has 3 heterocycles. The minimum atomic E-state index is -4.09. The van der Waals surface area contributed by atoms with Crippen LogP contribution >= 0.6 is 0 Å². The summed E-state index contributed by atoms with van der Waals surface area (Å²) in [5.74, 6) is -1.56. The zero-order valence-electron chi connectivity index (χ0n) is 16.8. The Balaban J connectivity index is 1.79. The van der Waals surface area contributed by atoms with Crippen molar-refractivity contribution in [1.29, 1.82) is 0 Å². The summed E-state index contributed by atoms with van der Waals surface area (Å²) in [4.78, 5) is 19.9. The maximum absolute atomic E-state index is 13.6. The van der Waals surface area contributed by atoms with Gasteiger partial charge in [0.1, 0.15) is 17.2 Å². The minimum absolute atomic E-state index is 0.00255. The molecule has 11 heteroatoms. The summed E-state index contributed by atoms with van der Waals surface area (Å²) in [7, 11) is -2.76. The highest BCUT2D eigenvalue weighted by atomic mass is 32.2. The molecule has 0 radical (unpaired) electrons. The number of methoxy groups -OCH3 is 1. The Morgan fingerprint density at radius 1 is 1.03 bits per heavy atom. The number of benzene rings is 1. The van der Waals surface area contributed by atoms with E-state index in [1.165, 1.54) is 38.6 Å². The lowest BCUT2D eigenvalue weighted by molar-refractivity contribution is 0.400. The average molecular weight is 458 g/mol. The molecule has 0 spiro atoms. The van der Waals surface area contributed by atoms with Crippen molar-refractivity contribution >= 4 is 21.4 Å². The molecular weight excluding hydrogens is 442 g/mol. The summed E-state index contributed by atoms with van der Waals surface area (Å²) in [5.41, 5.74) is 0.515. The molecule has 0 fully saturated rings. The first-order chi connectivity index (χ1) is 15.2. The van der Waals surface area contributed by atoms with Gasteiger partial charge in [0, 0.05) is 23.5 Å². The van der Waals surface area contributed by atoms with E-state index in [0.29, 0.717) is 11.1 Å². The number of aryl methyl sites for hydroxylation is 1. The highest BCUT2D eigenvalue weighted by molar-refractivity contribution is 7.92. The molecule has 0 amide bonds. The molecule has 8 nitrogen and oxygen atoms in total. The van der Waals surface area contributed by atoms with E-state index in [1.54, 1.807) is 6.07 Å². The van der Waals surface area contributed by atoms with Crippen LogP contribution in [0, 0.1) is 18.6 Å². The maximum atomic E-state index is 13.6. The van der Waals surface area contributed by atoms with Gasteiger partial charge in [-0.2, -0.15) is 4.39 Å². The molecule has 0 aliphatic carbocycles. The number of halogens is 2. The summed E-state index contributed by atoms with van der Waals surface area (Å²) in [6, 6.07) is 7.93. The zero-order chi connectivity index (χ0) is 23.0. The number of sulfonamides is 1. The van der Waals surface area contributed by atoms with Crippen LogP contribution in [0.4, 0.5) is 14.5 Å². The predicted octanol–water partition coefficient (Wildman–Crippen LogP) is 3.15. The molecule has 0 aliphatic heterocycles. The monoisotopic (exact) mass is 458 g/mol. The van der Waals surface area contributed by atoms with E-state index < -0.39 is 27.2 Å². The summed E-state index contributed by atoms with van der Waals surface area (Å²) in [6.07, 6.45) is 3.63. The van der Waals surface area contributed by atoms with Gasteiger partial charge >= 0.3 is 0 Å². The van der Waals surface area contributed by atoms with Gasteiger partial charge in [0.15, 0.2) is 0 Å². The van der Waals surface area contributed by atoms with E-state index in [4.69, 9.17) is 4.74 Å². The number of fused-ring (bicyclic) bond motifs is 1. The first kappa shape index (κ1) is 21.4. The van der Waals surface area contributed by atoms with Crippen LogP contribution in [0.25, 0.3) is 16.8 Å². The number of hydrogen-bond acceptors (Lipinski definition) is 6. The first-order valence-corrected chi connectivity index (χ1v) is 10.7. The molecule has 0 bridgehead atoms. The van der Waals surface area contributed by atoms with Crippen molar-refractivity contribution in [2.24, 2.45) is 0 Å². The van der Waals surface area contributed by atoms with Gasteiger partial charge in [0.2, 0.25) is 11.7 Å². The van der Waals surface area contributed by atoms with Crippen molar-refractivity contribution < 1.29 is 21.9 Å². The van der Waals surface area contributed by atoms with Crippen LogP contribution in [0.15, 0.2) is 64.7 Å². The number of hydrogen-bond donors (Lipinski definition) is 1. The number of pyridine rings is 2. The Labute approximate surface area is 181 Å². The van der Waals surface area contributed by atoms with Crippen LogP contribution in [0.1, 0.15) is 5.56 Å². The van der Waals surface area contributed by atoms with Crippen molar-refractivity contribution in [3.63, 3.8) is 0 Å². The van der Waals surface area contributed by atoms with Gasteiger partial charge in [0.05, 0.1) is 18.2 Å². The van der Waals surface area contributed by atoms with E-state index in [1.807, 2.05) is 0 Å². The lowest BCUT2D eigenvalue weighted by Crippen LogP contribution is -2.18. The van der Waals surface area contributed by atoms with Gasteiger partial charge in [-0.25, -0.2) is 22.8 Å². The van der Waals surface area contributed by atoms with Crippen LogP contribution in [0.3, 0.4) is 0 Å². The van der Waals surface area contributed by atoms with Crippen molar-refractivity contribution in [2.45, 2.75) is 11.8 Å². The highest BCUT2D eigenvalue weighted by Crippen LogP contribution is 2.30. The molecule has 4 rings (SSSR count). The fourth-order valence-electron chi connectivity index (χ4n) is 3.18. The van der Waals surface area contributed by atoms with Gasteiger partial charge in [-0.05, 0) is 48.9 Å². The topological polar surface area (TPSA) is 103 Å². The molecule has 32 heavy (non-hydrogen) atoms. The van der Waals surface area contributed by atoms with Gasteiger partial charge in [-0.3, -0.25) is 13.9 Å². The van der Waals surface area contributed by atoms with Gasteiger partial charge < -0.3 is 4.74 Å². The lowest BCUT2D eigenvalue weighted by Gasteiger charge is -2.14. The van der Waals surface area contributed by atoms with E-state index in [2.05, 4.69) is 14.7 Å². The number of aromatic nitrogens is 3. The SMILES string of the molecule is COc1ncc(-c2ccc3ncc(F)c(=O)n3c2)cc1NS(=O)(=O)c1ccc(F)cc1C. The summed E-state index contributed by atoms with van der Waals surface area (Å²) < 4.78 is 61.4. The zero-order valence-corrected chi connectivity index (χ0v) is 17.7. The number of nitrogens with zero attached hydrogens (tertiary/aromatic N) is 3. The third kappa shape index (κ3) is 3.89. The van der Waals surface area contributed by atoms with Gasteiger partial charge in [0.25, 0.3) is 15.6 Å². The van der Waals surface area contributed by atoms with Crippen LogP contribution < -0.4 is 15.0 Å². The molecule has 4 aromatic rings. The molecular formula is C21H16F2N4O4S. The summed E-state index contributed by atoms with van der Waals surface area (Å²) in [5, 5.41) is 0. The molecule has 0 saturated carbocycles. The predicted molar refractivity (Wildman–Crippen MR) is 113 cm³/mol. The van der Waals surface area contributed by atoms with E-state index in [-0.39, 0.29) is 27.7 Å². The first-order valence-electron chi connectivity index (χ1n) is 9.20. The molecule has 0 unspecified atom stereocenters. The largest absolute Gasteiger partial charge is 0.480 e. The summed E-state index contributed by atoms with van der Waals surface area (Å²) in [6.45, 7) is 1.48. The van der Waals surface area contributed by atoms with Crippen LogP contribution in [-0.4, -0.2) is 29.9 Å². The van der Waals surface area contributed by atoms with Crippen LogP contribution in [0.5, 0.6) is 5.88 Å². The number of ether oxygens (including phenoxy) is 1. The molecule has 3 aromatic heterocycles. The normalized spacial score (nSPS) is 11.5. The smallest absolute Gasteiger partial charge is 0.293 e. The quantitative estimate of drug-likeness (QED) is 0.493. The standard InChI is InChI=1S/C21H16F2N4O4S/c1-12-7-15(22)4-5-18(12)32(29,30)26-17-8-14(9-25-20(17)31-2)13-3-6-19-24-10-16(23)21(28)27(19)11-13/h3-11,26H,1-2H3. The van der Waals surface area contributed by atoms with Crippen molar-refractivity contribution in [3.05, 3.63) is 82.5 Å². The second-order valence-electron chi connectivity index (χ2n) is 6.85. The second kappa shape index (κ2) is 8.00. The van der Waals surface area contributed by atoms with Crippen molar-refractivity contribution in [2.75, 3.05) is 11.8 Å². The summed E-state index contributed by atoms with van der Waals surface area (Å²) >= 11 is 0.